The number of nitrogens with zero attached hydrogens (tertiary/aromatic N) is 2. The average molecular weight is 376 g/mol. The molecule has 1 amide bonds. The number of halogens is 3. The first kappa shape index (κ1) is 18.9. The highest BCUT2D eigenvalue weighted by atomic mass is 32.2. The fourth-order valence-corrected chi connectivity index (χ4v) is 2.55. The Labute approximate surface area is 141 Å². The third-order valence-corrected chi connectivity index (χ3v) is 4.22. The second-order valence-electron chi connectivity index (χ2n) is 5.26. The Morgan fingerprint density at radius 1 is 1.28 bits per heavy atom. The minimum atomic E-state index is -4.54. The molecule has 0 saturated carbocycles. The molecule has 0 aliphatic rings. The first-order valence-electron chi connectivity index (χ1n) is 7.01. The molecule has 1 aromatic carbocycles. The number of hydrogen-bond acceptors (Lipinski definition) is 4. The Bertz CT molecular complexity index is 874. The molecule has 2 aromatic rings. The fourth-order valence-electron chi connectivity index (χ4n) is 2.03. The van der Waals surface area contributed by atoms with Crippen LogP contribution in [-0.4, -0.2) is 24.1 Å². The predicted octanol–water partition coefficient (Wildman–Crippen LogP) is 1.89. The quantitative estimate of drug-likeness (QED) is 0.831. The van der Waals surface area contributed by atoms with E-state index in [1.165, 1.54) is 31.2 Å². The number of rotatable bonds is 5. The van der Waals surface area contributed by atoms with Gasteiger partial charge in [-0.15, -0.1) is 0 Å². The molecule has 0 aliphatic heterocycles. The topological polar surface area (TPSA) is 107 Å². The summed E-state index contributed by atoms with van der Waals surface area (Å²) in [6.45, 7) is 1.44. The van der Waals surface area contributed by atoms with Gasteiger partial charge in [0.05, 0.1) is 4.90 Å². The minimum Gasteiger partial charge on any atom is -0.326 e. The molecule has 25 heavy (non-hydrogen) atoms. The van der Waals surface area contributed by atoms with Crippen LogP contribution in [-0.2, 0) is 27.5 Å². The van der Waals surface area contributed by atoms with Crippen molar-refractivity contribution in [2.24, 2.45) is 5.14 Å². The molecule has 0 radical (unpaired) electrons. The summed E-state index contributed by atoms with van der Waals surface area (Å²) < 4.78 is 61.1. The summed E-state index contributed by atoms with van der Waals surface area (Å²) in [5.74, 6) is -0.452. The van der Waals surface area contributed by atoms with E-state index < -0.39 is 27.8 Å². The molecule has 0 fully saturated rings. The van der Waals surface area contributed by atoms with E-state index in [2.05, 4.69) is 10.4 Å². The Morgan fingerprint density at radius 2 is 1.88 bits per heavy atom. The van der Waals surface area contributed by atoms with E-state index in [9.17, 15) is 26.4 Å². The SMILES string of the molecule is Cc1cc(C(F)(F)F)nn1CCC(=O)Nc1ccc(S(N)(=O)=O)cc1. The number of aromatic nitrogens is 2. The molecule has 1 heterocycles. The number of alkyl halides is 3. The summed E-state index contributed by atoms with van der Waals surface area (Å²) in [6, 6.07) is 6.09. The molecule has 1 aromatic heterocycles. The van der Waals surface area contributed by atoms with Crippen LogP contribution in [0.4, 0.5) is 18.9 Å². The van der Waals surface area contributed by atoms with Crippen LogP contribution >= 0.6 is 0 Å². The van der Waals surface area contributed by atoms with Gasteiger partial charge in [0.1, 0.15) is 0 Å². The van der Waals surface area contributed by atoms with Crippen molar-refractivity contribution in [2.45, 2.75) is 31.0 Å². The lowest BCUT2D eigenvalue weighted by Crippen LogP contribution is -2.16. The molecular formula is C14H15F3N4O3S. The Balaban J connectivity index is 1.96. The second kappa shape index (κ2) is 6.84. The van der Waals surface area contributed by atoms with Crippen LogP contribution in [0.15, 0.2) is 35.2 Å². The van der Waals surface area contributed by atoms with Gasteiger partial charge >= 0.3 is 6.18 Å². The molecule has 0 bridgehead atoms. The molecule has 11 heteroatoms. The highest BCUT2D eigenvalue weighted by Crippen LogP contribution is 2.28. The van der Waals surface area contributed by atoms with E-state index in [4.69, 9.17) is 5.14 Å². The second-order valence-corrected chi connectivity index (χ2v) is 6.82. The van der Waals surface area contributed by atoms with E-state index in [0.717, 1.165) is 10.7 Å². The number of primary sulfonamides is 1. The number of nitrogens with one attached hydrogen (secondary N) is 1. The van der Waals surface area contributed by atoms with Crippen LogP contribution in [0.5, 0.6) is 0 Å². The maximum atomic E-state index is 12.6. The smallest absolute Gasteiger partial charge is 0.326 e. The van der Waals surface area contributed by atoms with Gasteiger partial charge in [0.25, 0.3) is 0 Å². The molecule has 0 spiro atoms. The zero-order valence-corrected chi connectivity index (χ0v) is 13.9. The van der Waals surface area contributed by atoms with E-state index in [1.54, 1.807) is 0 Å². The molecule has 136 valence electrons. The number of carbonyl (C=O) groups excluding carboxylic acids is 1. The van der Waals surface area contributed by atoms with Gasteiger partial charge in [0.2, 0.25) is 15.9 Å². The maximum absolute atomic E-state index is 12.6. The first-order valence-corrected chi connectivity index (χ1v) is 8.56. The van der Waals surface area contributed by atoms with Gasteiger partial charge in [-0.2, -0.15) is 18.3 Å². The van der Waals surface area contributed by atoms with Crippen molar-refractivity contribution in [1.29, 1.82) is 0 Å². The molecular weight excluding hydrogens is 361 g/mol. The van der Waals surface area contributed by atoms with Crippen LogP contribution in [0.3, 0.4) is 0 Å². The van der Waals surface area contributed by atoms with Crippen LogP contribution in [0.25, 0.3) is 0 Å². The van der Waals surface area contributed by atoms with Crippen molar-refractivity contribution in [3.8, 4) is 0 Å². The average Bonchev–Trinajstić information content (AvgIpc) is 2.86. The number of benzene rings is 1. The lowest BCUT2D eigenvalue weighted by molar-refractivity contribution is -0.141. The summed E-state index contributed by atoms with van der Waals surface area (Å²) in [5, 5.41) is 10.9. The molecule has 2 rings (SSSR count). The predicted molar refractivity (Wildman–Crippen MR) is 83.0 cm³/mol. The standard InChI is InChI=1S/C14H15F3N4O3S/c1-9-8-12(14(15,16)17)20-21(9)7-6-13(22)19-10-2-4-11(5-3-10)25(18,23)24/h2-5,8H,6-7H2,1H3,(H,19,22)(H2,18,23,24). The summed E-state index contributed by atoms with van der Waals surface area (Å²) in [7, 11) is -3.83. The van der Waals surface area contributed by atoms with E-state index in [0.29, 0.717) is 5.69 Å². The molecule has 0 aliphatic carbocycles. The van der Waals surface area contributed by atoms with Crippen LogP contribution in [0, 0.1) is 6.92 Å². The van der Waals surface area contributed by atoms with Gasteiger partial charge in [0.15, 0.2) is 5.69 Å². The zero-order valence-electron chi connectivity index (χ0n) is 13.0. The van der Waals surface area contributed by atoms with Crippen molar-refractivity contribution >= 4 is 21.6 Å². The highest BCUT2D eigenvalue weighted by Gasteiger charge is 2.34. The van der Waals surface area contributed by atoms with Crippen molar-refractivity contribution < 1.29 is 26.4 Å². The third-order valence-electron chi connectivity index (χ3n) is 3.29. The van der Waals surface area contributed by atoms with Gasteiger partial charge in [-0.3, -0.25) is 9.48 Å². The lowest BCUT2D eigenvalue weighted by Gasteiger charge is -2.07. The minimum absolute atomic E-state index is 0.0248. The third kappa shape index (κ3) is 5.03. The maximum Gasteiger partial charge on any atom is 0.435 e. The summed E-state index contributed by atoms with van der Waals surface area (Å²) in [5.41, 5.74) is -0.382. The summed E-state index contributed by atoms with van der Waals surface area (Å²) in [4.78, 5) is 11.8. The fraction of sp³-hybridized carbons (Fsp3) is 0.286. The van der Waals surface area contributed by atoms with E-state index in [1.807, 2.05) is 0 Å². The first-order chi connectivity index (χ1) is 11.5. The van der Waals surface area contributed by atoms with Crippen molar-refractivity contribution in [3.05, 3.63) is 41.7 Å². The number of amides is 1. The number of nitrogens with two attached hydrogens (primary N) is 1. The van der Waals surface area contributed by atoms with Gasteiger partial charge < -0.3 is 5.32 Å². The number of anilines is 1. The van der Waals surface area contributed by atoms with Crippen LogP contribution in [0.2, 0.25) is 0 Å². The number of sulfonamides is 1. The summed E-state index contributed by atoms with van der Waals surface area (Å²) >= 11 is 0. The van der Waals surface area contributed by atoms with Gasteiger partial charge in [0, 0.05) is 24.3 Å². The highest BCUT2D eigenvalue weighted by molar-refractivity contribution is 7.89. The Morgan fingerprint density at radius 3 is 2.36 bits per heavy atom. The van der Waals surface area contributed by atoms with Gasteiger partial charge in [-0.05, 0) is 37.3 Å². The molecule has 0 unspecified atom stereocenters. The zero-order chi connectivity index (χ0) is 18.8. The van der Waals surface area contributed by atoms with Gasteiger partial charge in [-0.25, -0.2) is 13.6 Å². The molecule has 7 nitrogen and oxygen atoms in total. The van der Waals surface area contributed by atoms with Crippen molar-refractivity contribution in [1.82, 2.24) is 9.78 Å². The number of carbonyl (C=O) groups is 1. The largest absolute Gasteiger partial charge is 0.435 e. The molecule has 3 N–H and O–H groups in total. The normalized spacial score (nSPS) is 12.2. The summed E-state index contributed by atoms with van der Waals surface area (Å²) in [6.07, 6.45) is -4.64. The van der Waals surface area contributed by atoms with E-state index >= 15 is 0 Å². The lowest BCUT2D eigenvalue weighted by atomic mass is 10.3. The van der Waals surface area contributed by atoms with Crippen molar-refractivity contribution in [2.75, 3.05) is 5.32 Å². The number of aryl methyl sites for hydroxylation is 2. The van der Waals surface area contributed by atoms with Crippen molar-refractivity contribution in [3.63, 3.8) is 0 Å². The van der Waals surface area contributed by atoms with E-state index in [-0.39, 0.29) is 23.6 Å². The molecule has 0 saturated heterocycles. The molecule has 0 atom stereocenters. The van der Waals surface area contributed by atoms with Crippen LogP contribution in [0.1, 0.15) is 17.8 Å². The number of hydrogen-bond donors (Lipinski definition) is 2. The Hall–Kier alpha value is -2.40. The van der Waals surface area contributed by atoms with Gasteiger partial charge in [-0.1, -0.05) is 0 Å². The Kier molecular flexibility index (Phi) is 5.18. The van der Waals surface area contributed by atoms with Crippen LogP contribution < -0.4 is 10.5 Å². The monoisotopic (exact) mass is 376 g/mol.